The van der Waals surface area contributed by atoms with Gasteiger partial charge in [-0.1, -0.05) is 17.7 Å². The highest BCUT2D eigenvalue weighted by molar-refractivity contribution is 7.89. The van der Waals surface area contributed by atoms with Crippen molar-refractivity contribution in [3.05, 3.63) is 52.8 Å². The van der Waals surface area contributed by atoms with Crippen LogP contribution in [0.3, 0.4) is 0 Å². The Morgan fingerprint density at radius 1 is 1.29 bits per heavy atom. The van der Waals surface area contributed by atoms with Gasteiger partial charge in [0, 0.05) is 16.9 Å². The largest absolute Gasteiger partial charge is 0.320 e. The number of hydrogen-bond acceptors (Lipinski definition) is 4. The van der Waals surface area contributed by atoms with E-state index in [0.717, 1.165) is 0 Å². The van der Waals surface area contributed by atoms with Gasteiger partial charge in [0.25, 0.3) is 5.91 Å². The normalized spacial score (nSPS) is 11.2. The fourth-order valence-corrected chi connectivity index (χ4v) is 2.33. The third-order valence-electron chi connectivity index (χ3n) is 2.74. The number of pyridine rings is 1. The minimum absolute atomic E-state index is 0.0811. The van der Waals surface area contributed by atoms with E-state index in [1.54, 1.807) is 19.1 Å². The molecule has 110 valence electrons. The van der Waals surface area contributed by atoms with Gasteiger partial charge in [0.1, 0.15) is 5.69 Å². The van der Waals surface area contributed by atoms with Crippen LogP contribution in [0.2, 0.25) is 5.02 Å². The summed E-state index contributed by atoms with van der Waals surface area (Å²) in [5.41, 5.74) is 1.16. The summed E-state index contributed by atoms with van der Waals surface area (Å²) < 4.78 is 22.7. The second-order valence-corrected chi connectivity index (χ2v) is 6.33. The number of anilines is 1. The molecule has 0 aliphatic heterocycles. The summed E-state index contributed by atoms with van der Waals surface area (Å²) in [7, 11) is -3.84. The van der Waals surface area contributed by atoms with Crippen LogP contribution in [0.5, 0.6) is 0 Å². The second-order valence-electron chi connectivity index (χ2n) is 4.34. The number of rotatable bonds is 3. The van der Waals surface area contributed by atoms with E-state index in [2.05, 4.69) is 10.3 Å². The number of aryl methyl sites for hydroxylation is 1. The first kappa shape index (κ1) is 15.4. The summed E-state index contributed by atoms with van der Waals surface area (Å²) in [6, 6.07) is 7.19. The third kappa shape index (κ3) is 3.78. The van der Waals surface area contributed by atoms with Crippen molar-refractivity contribution in [2.75, 3.05) is 5.32 Å². The molecule has 1 heterocycles. The Balaban J connectivity index is 2.33. The van der Waals surface area contributed by atoms with Gasteiger partial charge < -0.3 is 5.32 Å². The number of nitrogens with two attached hydrogens (primary N) is 1. The molecule has 6 nitrogen and oxygen atoms in total. The number of nitrogens with zero attached hydrogens (tertiary/aromatic N) is 1. The van der Waals surface area contributed by atoms with Crippen molar-refractivity contribution in [3.8, 4) is 0 Å². The quantitative estimate of drug-likeness (QED) is 0.900. The zero-order chi connectivity index (χ0) is 15.6. The van der Waals surface area contributed by atoms with E-state index in [4.69, 9.17) is 16.7 Å². The molecule has 1 aromatic heterocycles. The van der Waals surface area contributed by atoms with Crippen LogP contribution >= 0.6 is 11.6 Å². The highest BCUT2D eigenvalue weighted by Crippen LogP contribution is 2.20. The highest BCUT2D eigenvalue weighted by Gasteiger charge is 2.13. The van der Waals surface area contributed by atoms with Crippen molar-refractivity contribution >= 4 is 33.2 Å². The molecule has 0 aliphatic rings. The van der Waals surface area contributed by atoms with E-state index in [9.17, 15) is 13.2 Å². The lowest BCUT2D eigenvalue weighted by Gasteiger charge is -2.09. The number of amides is 1. The van der Waals surface area contributed by atoms with E-state index in [1.807, 2.05) is 0 Å². The molecule has 3 N–H and O–H groups in total. The van der Waals surface area contributed by atoms with Crippen molar-refractivity contribution in [3.63, 3.8) is 0 Å². The zero-order valence-electron chi connectivity index (χ0n) is 11.0. The molecule has 0 aliphatic carbocycles. The number of aromatic nitrogens is 1. The summed E-state index contributed by atoms with van der Waals surface area (Å²) in [6.07, 6.45) is 1.41. The van der Waals surface area contributed by atoms with Gasteiger partial charge in [-0.25, -0.2) is 13.6 Å². The van der Waals surface area contributed by atoms with E-state index >= 15 is 0 Å². The van der Waals surface area contributed by atoms with Crippen LogP contribution in [0.15, 0.2) is 41.4 Å². The predicted molar refractivity (Wildman–Crippen MR) is 79.8 cm³/mol. The number of halogens is 1. The van der Waals surface area contributed by atoms with Gasteiger partial charge in [-0.15, -0.1) is 0 Å². The topological polar surface area (TPSA) is 102 Å². The number of primary sulfonamides is 1. The van der Waals surface area contributed by atoms with Crippen LogP contribution in [0.4, 0.5) is 5.69 Å². The van der Waals surface area contributed by atoms with Crippen LogP contribution in [0.25, 0.3) is 0 Å². The smallest absolute Gasteiger partial charge is 0.274 e. The summed E-state index contributed by atoms with van der Waals surface area (Å²) in [5, 5.41) is 8.03. The Morgan fingerprint density at radius 2 is 2.00 bits per heavy atom. The molecule has 1 amide bonds. The molecule has 0 bridgehead atoms. The lowest BCUT2D eigenvalue weighted by Crippen LogP contribution is -2.16. The molecule has 0 radical (unpaired) electrons. The van der Waals surface area contributed by atoms with E-state index < -0.39 is 15.9 Å². The molecule has 0 saturated heterocycles. The monoisotopic (exact) mass is 325 g/mol. The fourth-order valence-electron chi connectivity index (χ4n) is 1.63. The number of benzene rings is 1. The van der Waals surface area contributed by atoms with Gasteiger partial charge >= 0.3 is 0 Å². The van der Waals surface area contributed by atoms with Crippen LogP contribution in [0, 0.1) is 6.92 Å². The molecule has 2 rings (SSSR count). The third-order valence-corrected chi connectivity index (χ3v) is 3.89. The summed E-state index contributed by atoms with van der Waals surface area (Å²) in [6.45, 7) is 1.73. The lowest BCUT2D eigenvalue weighted by atomic mass is 10.2. The van der Waals surface area contributed by atoms with Crippen LogP contribution in [-0.4, -0.2) is 19.3 Å². The molecule has 8 heteroatoms. The van der Waals surface area contributed by atoms with Crippen molar-refractivity contribution < 1.29 is 13.2 Å². The molecule has 21 heavy (non-hydrogen) atoms. The first-order valence-electron chi connectivity index (χ1n) is 5.84. The summed E-state index contributed by atoms with van der Waals surface area (Å²) in [5.74, 6) is -0.493. The SMILES string of the molecule is Cc1ccc(S(N)(=O)=O)cc1NC(=O)c1cc(Cl)ccn1. The van der Waals surface area contributed by atoms with Crippen molar-refractivity contribution in [2.24, 2.45) is 5.14 Å². The Morgan fingerprint density at radius 3 is 2.62 bits per heavy atom. The Hall–Kier alpha value is -1.96. The average Bonchev–Trinajstić information content (AvgIpc) is 2.40. The zero-order valence-corrected chi connectivity index (χ0v) is 12.6. The van der Waals surface area contributed by atoms with Gasteiger partial charge in [-0.2, -0.15) is 0 Å². The molecule has 1 aromatic carbocycles. The Kier molecular flexibility index (Phi) is 4.26. The van der Waals surface area contributed by atoms with Crippen LogP contribution in [0.1, 0.15) is 16.1 Å². The molecular weight excluding hydrogens is 314 g/mol. The first-order valence-corrected chi connectivity index (χ1v) is 7.76. The molecule has 0 fully saturated rings. The van der Waals surface area contributed by atoms with Crippen molar-refractivity contribution in [1.29, 1.82) is 0 Å². The first-order chi connectivity index (χ1) is 9.77. The fraction of sp³-hybridized carbons (Fsp3) is 0.0769. The maximum atomic E-state index is 12.1. The average molecular weight is 326 g/mol. The minimum Gasteiger partial charge on any atom is -0.320 e. The second kappa shape index (κ2) is 5.80. The maximum Gasteiger partial charge on any atom is 0.274 e. The van der Waals surface area contributed by atoms with E-state index in [-0.39, 0.29) is 10.6 Å². The van der Waals surface area contributed by atoms with Crippen molar-refractivity contribution in [2.45, 2.75) is 11.8 Å². The minimum atomic E-state index is -3.84. The van der Waals surface area contributed by atoms with Gasteiger partial charge in [-0.05, 0) is 36.8 Å². The molecule has 0 unspecified atom stereocenters. The summed E-state index contributed by atoms with van der Waals surface area (Å²) in [4.78, 5) is 15.9. The van der Waals surface area contributed by atoms with Crippen LogP contribution in [-0.2, 0) is 10.0 Å². The number of sulfonamides is 1. The molecule has 2 aromatic rings. The molecule has 0 saturated carbocycles. The lowest BCUT2D eigenvalue weighted by molar-refractivity contribution is 0.102. The Bertz CT molecular complexity index is 806. The number of hydrogen-bond donors (Lipinski definition) is 2. The van der Waals surface area contributed by atoms with Gasteiger partial charge in [0.15, 0.2) is 0 Å². The maximum absolute atomic E-state index is 12.1. The number of carbonyl (C=O) groups excluding carboxylic acids is 1. The standard InChI is InChI=1S/C13H12ClN3O3S/c1-8-2-3-10(21(15,19)20)7-11(8)17-13(18)12-6-9(14)4-5-16-12/h2-7H,1H3,(H,17,18)(H2,15,19,20). The van der Waals surface area contributed by atoms with E-state index in [1.165, 1.54) is 24.4 Å². The Labute approximate surface area is 127 Å². The summed E-state index contributed by atoms with van der Waals surface area (Å²) >= 11 is 5.79. The van der Waals surface area contributed by atoms with Gasteiger partial charge in [-0.3, -0.25) is 9.78 Å². The van der Waals surface area contributed by atoms with Gasteiger partial charge in [0.2, 0.25) is 10.0 Å². The molecule has 0 atom stereocenters. The highest BCUT2D eigenvalue weighted by atomic mass is 35.5. The van der Waals surface area contributed by atoms with Crippen molar-refractivity contribution in [1.82, 2.24) is 4.98 Å². The number of carbonyl (C=O) groups is 1. The number of nitrogens with one attached hydrogen (secondary N) is 1. The molecule has 0 spiro atoms. The van der Waals surface area contributed by atoms with Crippen LogP contribution < -0.4 is 10.5 Å². The molecular formula is C13H12ClN3O3S. The predicted octanol–water partition coefficient (Wildman–Crippen LogP) is 1.94. The van der Waals surface area contributed by atoms with E-state index in [0.29, 0.717) is 16.3 Å². The van der Waals surface area contributed by atoms with Gasteiger partial charge in [0.05, 0.1) is 4.90 Å².